The van der Waals surface area contributed by atoms with Crippen molar-refractivity contribution in [1.29, 1.82) is 0 Å². The lowest BCUT2D eigenvalue weighted by Gasteiger charge is -2.10. The maximum atomic E-state index is 12.1. The summed E-state index contributed by atoms with van der Waals surface area (Å²) in [6, 6.07) is 9.03. The lowest BCUT2D eigenvalue weighted by atomic mass is 10.1. The number of aromatic nitrogens is 1. The van der Waals surface area contributed by atoms with Gasteiger partial charge in [-0.2, -0.15) is 0 Å². The average molecular weight is 289 g/mol. The fourth-order valence-corrected chi connectivity index (χ4v) is 2.31. The van der Waals surface area contributed by atoms with Crippen molar-refractivity contribution < 1.29 is 9.53 Å². The quantitative estimate of drug-likeness (QED) is 0.924. The van der Waals surface area contributed by atoms with E-state index in [9.17, 15) is 4.79 Å². The highest BCUT2D eigenvalue weighted by atomic mass is 35.5. The summed E-state index contributed by atoms with van der Waals surface area (Å²) in [4.78, 5) is 16.3. The van der Waals surface area contributed by atoms with Gasteiger partial charge in [0.2, 0.25) is 0 Å². The molecular weight excluding hydrogens is 276 g/mol. The van der Waals surface area contributed by atoms with Gasteiger partial charge in [-0.1, -0.05) is 17.7 Å². The fourth-order valence-electron chi connectivity index (χ4n) is 2.11. The van der Waals surface area contributed by atoms with Crippen molar-refractivity contribution in [2.75, 3.05) is 5.32 Å². The van der Waals surface area contributed by atoms with Gasteiger partial charge in [-0.3, -0.25) is 4.79 Å². The number of anilines is 1. The van der Waals surface area contributed by atoms with Crippen molar-refractivity contribution in [3.8, 4) is 5.75 Å². The molecule has 1 aromatic heterocycles. The van der Waals surface area contributed by atoms with E-state index in [0.29, 0.717) is 23.0 Å². The van der Waals surface area contributed by atoms with E-state index in [4.69, 9.17) is 16.3 Å². The molecule has 102 valence electrons. The summed E-state index contributed by atoms with van der Waals surface area (Å²) in [5.41, 5.74) is 2.00. The normalized spacial score (nSPS) is 16.4. The number of rotatable bonds is 2. The molecule has 0 saturated heterocycles. The number of hydrogen-bond acceptors (Lipinski definition) is 3. The van der Waals surface area contributed by atoms with Gasteiger partial charge < -0.3 is 10.1 Å². The zero-order valence-electron chi connectivity index (χ0n) is 10.9. The second-order valence-corrected chi connectivity index (χ2v) is 5.21. The largest absolute Gasteiger partial charge is 0.480 e. The molecule has 1 atom stereocenters. The van der Waals surface area contributed by atoms with Gasteiger partial charge in [0.25, 0.3) is 5.91 Å². The van der Waals surface area contributed by atoms with Crippen molar-refractivity contribution in [2.45, 2.75) is 19.4 Å². The fraction of sp³-hybridized carbons (Fsp3) is 0.200. The zero-order valence-corrected chi connectivity index (χ0v) is 11.6. The number of halogens is 1. The number of ether oxygens (including phenoxy) is 1. The SMILES string of the molecule is Cc1ccc(NC(=O)[C@H]2Cc3cc(Cl)ccc3O2)nc1. The summed E-state index contributed by atoms with van der Waals surface area (Å²) in [6.07, 6.45) is 1.69. The molecule has 1 N–H and O–H groups in total. The molecule has 20 heavy (non-hydrogen) atoms. The molecule has 1 aliphatic heterocycles. The van der Waals surface area contributed by atoms with E-state index < -0.39 is 6.10 Å². The topological polar surface area (TPSA) is 51.2 Å². The van der Waals surface area contributed by atoms with E-state index in [2.05, 4.69) is 10.3 Å². The molecule has 0 spiro atoms. The Labute approximate surface area is 121 Å². The number of fused-ring (bicyclic) bond motifs is 1. The lowest BCUT2D eigenvalue weighted by Crippen LogP contribution is -2.31. The minimum absolute atomic E-state index is 0.200. The molecule has 0 bridgehead atoms. The van der Waals surface area contributed by atoms with Crippen LogP contribution in [0, 0.1) is 6.92 Å². The third kappa shape index (κ3) is 2.60. The summed E-state index contributed by atoms with van der Waals surface area (Å²) >= 11 is 5.93. The molecule has 0 fully saturated rings. The van der Waals surface area contributed by atoms with Crippen molar-refractivity contribution in [1.82, 2.24) is 4.98 Å². The molecular formula is C15H13ClN2O2. The highest BCUT2D eigenvalue weighted by Gasteiger charge is 2.29. The molecule has 1 aliphatic rings. The zero-order chi connectivity index (χ0) is 14.1. The Morgan fingerprint density at radius 2 is 2.25 bits per heavy atom. The highest BCUT2D eigenvalue weighted by Crippen LogP contribution is 2.31. The van der Waals surface area contributed by atoms with E-state index in [1.54, 1.807) is 24.4 Å². The predicted molar refractivity (Wildman–Crippen MR) is 77.2 cm³/mol. The molecule has 1 aromatic carbocycles. The van der Waals surface area contributed by atoms with Gasteiger partial charge in [0.15, 0.2) is 6.10 Å². The van der Waals surface area contributed by atoms with E-state index in [1.165, 1.54) is 0 Å². The van der Waals surface area contributed by atoms with Crippen molar-refractivity contribution >= 4 is 23.3 Å². The van der Waals surface area contributed by atoms with Gasteiger partial charge in [-0.05, 0) is 42.3 Å². The number of nitrogens with one attached hydrogen (secondary N) is 1. The van der Waals surface area contributed by atoms with Gasteiger partial charge in [0.05, 0.1) is 0 Å². The number of pyridine rings is 1. The first-order valence-electron chi connectivity index (χ1n) is 6.30. The van der Waals surface area contributed by atoms with Crippen LogP contribution in [0.25, 0.3) is 0 Å². The maximum Gasteiger partial charge on any atom is 0.266 e. The van der Waals surface area contributed by atoms with Crippen molar-refractivity contribution in [3.63, 3.8) is 0 Å². The second-order valence-electron chi connectivity index (χ2n) is 4.77. The molecule has 0 radical (unpaired) electrons. The number of carbonyl (C=O) groups excluding carboxylic acids is 1. The first kappa shape index (κ1) is 12.9. The second kappa shape index (κ2) is 5.13. The van der Waals surface area contributed by atoms with Crippen molar-refractivity contribution in [3.05, 3.63) is 52.7 Å². The third-order valence-electron chi connectivity index (χ3n) is 3.15. The molecule has 5 heteroatoms. The van der Waals surface area contributed by atoms with E-state index >= 15 is 0 Å². The van der Waals surface area contributed by atoms with Gasteiger partial charge in [-0.15, -0.1) is 0 Å². The van der Waals surface area contributed by atoms with Crippen LogP contribution in [0.1, 0.15) is 11.1 Å². The Kier molecular flexibility index (Phi) is 3.32. The standard InChI is InChI=1S/C15H13ClN2O2/c1-9-2-5-14(17-8-9)18-15(19)13-7-10-6-11(16)3-4-12(10)20-13/h2-6,8,13H,7H2,1H3,(H,17,18,19)/t13-/m1/s1. The number of hydrogen-bond donors (Lipinski definition) is 1. The molecule has 0 saturated carbocycles. The van der Waals surface area contributed by atoms with E-state index in [-0.39, 0.29) is 5.91 Å². The summed E-state index contributed by atoms with van der Waals surface area (Å²) in [5.74, 6) is 1.04. The van der Waals surface area contributed by atoms with Crippen LogP contribution in [0.2, 0.25) is 5.02 Å². The maximum absolute atomic E-state index is 12.1. The van der Waals surface area contributed by atoms with Crippen LogP contribution in [0.15, 0.2) is 36.5 Å². The number of carbonyl (C=O) groups is 1. The number of nitrogens with zero attached hydrogens (tertiary/aromatic N) is 1. The Hall–Kier alpha value is -2.07. The molecule has 4 nitrogen and oxygen atoms in total. The minimum atomic E-state index is -0.536. The first-order valence-corrected chi connectivity index (χ1v) is 6.68. The first-order chi connectivity index (χ1) is 9.61. The predicted octanol–water partition coefficient (Wildman–Crippen LogP) is 2.99. The summed E-state index contributed by atoms with van der Waals surface area (Å²) in [7, 11) is 0. The van der Waals surface area contributed by atoms with Crippen LogP contribution in [-0.4, -0.2) is 17.0 Å². The van der Waals surface area contributed by atoms with Crippen LogP contribution < -0.4 is 10.1 Å². The van der Waals surface area contributed by atoms with E-state index in [0.717, 1.165) is 11.1 Å². The smallest absolute Gasteiger partial charge is 0.266 e. The van der Waals surface area contributed by atoms with Gasteiger partial charge in [-0.25, -0.2) is 4.98 Å². The van der Waals surface area contributed by atoms with Crippen LogP contribution in [0.3, 0.4) is 0 Å². The Bertz CT molecular complexity index is 655. The third-order valence-corrected chi connectivity index (χ3v) is 3.39. The van der Waals surface area contributed by atoms with Gasteiger partial charge in [0.1, 0.15) is 11.6 Å². The van der Waals surface area contributed by atoms with Gasteiger partial charge in [0, 0.05) is 17.6 Å². The Balaban J connectivity index is 1.69. The Morgan fingerprint density at radius 1 is 1.40 bits per heavy atom. The highest BCUT2D eigenvalue weighted by molar-refractivity contribution is 6.30. The molecule has 1 amide bonds. The lowest BCUT2D eigenvalue weighted by molar-refractivity contribution is -0.122. The molecule has 2 heterocycles. The molecule has 2 aromatic rings. The molecule has 0 aliphatic carbocycles. The summed E-state index contributed by atoms with van der Waals surface area (Å²) in [5, 5.41) is 3.40. The average Bonchev–Trinajstić information content (AvgIpc) is 2.84. The van der Waals surface area contributed by atoms with Crippen molar-refractivity contribution in [2.24, 2.45) is 0 Å². The van der Waals surface area contributed by atoms with Crippen LogP contribution in [0.4, 0.5) is 5.82 Å². The van der Waals surface area contributed by atoms with E-state index in [1.807, 2.05) is 19.1 Å². The number of benzene rings is 1. The molecule has 3 rings (SSSR count). The summed E-state index contributed by atoms with van der Waals surface area (Å²) < 4.78 is 5.62. The molecule has 0 unspecified atom stereocenters. The van der Waals surface area contributed by atoms with Crippen LogP contribution in [-0.2, 0) is 11.2 Å². The number of amides is 1. The number of aryl methyl sites for hydroxylation is 1. The van der Waals surface area contributed by atoms with Crippen LogP contribution in [0.5, 0.6) is 5.75 Å². The Morgan fingerprint density at radius 3 is 3.00 bits per heavy atom. The minimum Gasteiger partial charge on any atom is -0.480 e. The summed E-state index contributed by atoms with van der Waals surface area (Å²) in [6.45, 7) is 1.94. The monoisotopic (exact) mass is 288 g/mol. The van der Waals surface area contributed by atoms with Gasteiger partial charge >= 0.3 is 0 Å². The van der Waals surface area contributed by atoms with Crippen LogP contribution >= 0.6 is 11.6 Å².